The average Bonchev–Trinajstić information content (AvgIpc) is 2.79. The predicted molar refractivity (Wildman–Crippen MR) is 118 cm³/mol. The highest BCUT2D eigenvalue weighted by molar-refractivity contribution is 6.34. The summed E-state index contributed by atoms with van der Waals surface area (Å²) in [6, 6.07) is 9.93. The van der Waals surface area contributed by atoms with Crippen molar-refractivity contribution >= 4 is 46.8 Å². The zero-order valence-corrected chi connectivity index (χ0v) is 17.0. The van der Waals surface area contributed by atoms with Crippen molar-refractivity contribution in [3.05, 3.63) is 77.0 Å². The molecular weight excluding hydrogens is 418 g/mol. The van der Waals surface area contributed by atoms with Crippen molar-refractivity contribution in [2.45, 2.75) is 13.1 Å². The van der Waals surface area contributed by atoms with Gasteiger partial charge in [0.05, 0.1) is 29.5 Å². The molecule has 4 rings (SSSR count). The summed E-state index contributed by atoms with van der Waals surface area (Å²) in [6.45, 7) is 0.401. The maximum atomic E-state index is 12.7. The molecule has 0 atom stereocenters. The highest BCUT2D eigenvalue weighted by Crippen LogP contribution is 2.33. The first-order valence-electron chi connectivity index (χ1n) is 9.36. The number of nitrogens with two attached hydrogens (primary N) is 1. The molecule has 0 unspecified atom stereocenters. The first-order valence-corrected chi connectivity index (χ1v) is 9.74. The third kappa shape index (κ3) is 4.68. The van der Waals surface area contributed by atoms with Crippen molar-refractivity contribution in [3.63, 3.8) is 0 Å². The van der Waals surface area contributed by atoms with Crippen LogP contribution in [-0.4, -0.2) is 26.9 Å². The van der Waals surface area contributed by atoms with Crippen LogP contribution in [-0.2, 0) is 17.9 Å². The fourth-order valence-corrected chi connectivity index (χ4v) is 3.21. The van der Waals surface area contributed by atoms with E-state index in [0.29, 0.717) is 33.7 Å². The van der Waals surface area contributed by atoms with Crippen molar-refractivity contribution in [2.24, 2.45) is 5.73 Å². The van der Waals surface area contributed by atoms with E-state index in [-0.39, 0.29) is 19.0 Å². The number of carbonyl (C=O) groups excluding carboxylic acids is 2. The standard InChI is InChI=1S/C21H18ClN7O2/c22-16-6-4-15(26-19(30)7-5-14-3-1-2-8-24-14)9-17(16)29-12-13-11-25-18(10-23)27-20(13)28-21(29)31/h1-9,11H,10,12,23H2,(H,26,30)(H,25,27,28,31). The number of nitrogens with one attached hydrogen (secondary N) is 2. The Morgan fingerprint density at radius 1 is 1.29 bits per heavy atom. The molecule has 0 saturated carbocycles. The fourth-order valence-electron chi connectivity index (χ4n) is 2.99. The lowest BCUT2D eigenvalue weighted by Gasteiger charge is -2.29. The van der Waals surface area contributed by atoms with Crippen LogP contribution in [0.1, 0.15) is 17.1 Å². The van der Waals surface area contributed by atoms with E-state index in [1.54, 1.807) is 48.8 Å². The van der Waals surface area contributed by atoms with Crippen LogP contribution in [0.25, 0.3) is 6.08 Å². The fraction of sp³-hybridized carbons (Fsp3) is 0.0952. The molecule has 3 aromatic rings. The molecule has 4 N–H and O–H groups in total. The summed E-state index contributed by atoms with van der Waals surface area (Å²) in [5.74, 6) is 0.529. The number of amides is 3. The van der Waals surface area contributed by atoms with Gasteiger partial charge < -0.3 is 11.1 Å². The van der Waals surface area contributed by atoms with Gasteiger partial charge in [-0.2, -0.15) is 0 Å². The number of pyridine rings is 1. The van der Waals surface area contributed by atoms with Crippen molar-refractivity contribution in [1.29, 1.82) is 0 Å². The van der Waals surface area contributed by atoms with E-state index in [4.69, 9.17) is 17.3 Å². The van der Waals surface area contributed by atoms with Gasteiger partial charge in [0.1, 0.15) is 11.6 Å². The second-order valence-electron chi connectivity index (χ2n) is 6.62. The number of benzene rings is 1. The van der Waals surface area contributed by atoms with Gasteiger partial charge in [-0.15, -0.1) is 0 Å². The Labute approximate surface area is 183 Å². The molecule has 0 saturated heterocycles. The van der Waals surface area contributed by atoms with Crippen LogP contribution in [0, 0.1) is 0 Å². The highest BCUT2D eigenvalue weighted by Gasteiger charge is 2.27. The average molecular weight is 436 g/mol. The molecule has 9 nitrogen and oxygen atoms in total. The molecule has 0 bridgehead atoms. The summed E-state index contributed by atoms with van der Waals surface area (Å²) in [6.07, 6.45) is 6.26. The number of nitrogens with zero attached hydrogens (tertiary/aromatic N) is 4. The Balaban J connectivity index is 1.53. The van der Waals surface area contributed by atoms with Gasteiger partial charge >= 0.3 is 6.03 Å². The molecule has 0 radical (unpaired) electrons. The van der Waals surface area contributed by atoms with E-state index in [9.17, 15) is 9.59 Å². The molecule has 1 aliphatic heterocycles. The Hall–Kier alpha value is -3.82. The molecule has 1 aliphatic rings. The number of anilines is 3. The second-order valence-corrected chi connectivity index (χ2v) is 7.03. The molecule has 1 aromatic carbocycles. The molecule has 156 valence electrons. The monoisotopic (exact) mass is 435 g/mol. The van der Waals surface area contributed by atoms with E-state index in [1.165, 1.54) is 11.0 Å². The van der Waals surface area contributed by atoms with Gasteiger partial charge in [0.2, 0.25) is 5.91 Å². The van der Waals surface area contributed by atoms with Crippen molar-refractivity contribution in [1.82, 2.24) is 15.0 Å². The quantitative estimate of drug-likeness (QED) is 0.528. The highest BCUT2D eigenvalue weighted by atomic mass is 35.5. The molecule has 10 heteroatoms. The number of hydrogen-bond donors (Lipinski definition) is 3. The SMILES string of the molecule is NCc1ncc2c(n1)NC(=O)N(c1cc(NC(=O)C=Cc3ccccn3)ccc1Cl)C2. The van der Waals surface area contributed by atoms with E-state index in [2.05, 4.69) is 25.6 Å². The first-order chi connectivity index (χ1) is 15.0. The Morgan fingerprint density at radius 2 is 2.16 bits per heavy atom. The number of rotatable bonds is 5. The Kier molecular flexibility index (Phi) is 5.87. The van der Waals surface area contributed by atoms with Gasteiger partial charge in [-0.3, -0.25) is 20.0 Å². The van der Waals surface area contributed by atoms with Crippen LogP contribution in [0.4, 0.5) is 22.0 Å². The molecule has 0 spiro atoms. The van der Waals surface area contributed by atoms with E-state index in [1.807, 2.05) is 6.07 Å². The summed E-state index contributed by atoms with van der Waals surface area (Å²) < 4.78 is 0. The van der Waals surface area contributed by atoms with E-state index in [0.717, 1.165) is 5.56 Å². The zero-order chi connectivity index (χ0) is 21.8. The molecule has 0 fully saturated rings. The first kappa shape index (κ1) is 20.5. The Bertz CT molecular complexity index is 1170. The normalized spacial score (nSPS) is 13.1. The number of aromatic nitrogens is 3. The third-order valence-corrected chi connectivity index (χ3v) is 4.81. The number of halogens is 1. The summed E-state index contributed by atoms with van der Waals surface area (Å²) in [4.78, 5) is 38.9. The van der Waals surface area contributed by atoms with E-state index < -0.39 is 6.03 Å². The molecular formula is C21H18ClN7O2. The topological polar surface area (TPSA) is 126 Å². The molecule has 0 aliphatic carbocycles. The molecule has 2 aromatic heterocycles. The van der Waals surface area contributed by atoms with E-state index >= 15 is 0 Å². The van der Waals surface area contributed by atoms with Gasteiger partial charge in [0, 0.05) is 29.7 Å². The molecule has 31 heavy (non-hydrogen) atoms. The van der Waals surface area contributed by atoms with Crippen LogP contribution < -0.4 is 21.3 Å². The summed E-state index contributed by atoms with van der Waals surface area (Å²) in [7, 11) is 0. The van der Waals surface area contributed by atoms with Gasteiger partial charge in [-0.05, 0) is 36.4 Å². The lowest BCUT2D eigenvalue weighted by atomic mass is 10.2. The van der Waals surface area contributed by atoms with Crippen molar-refractivity contribution < 1.29 is 9.59 Å². The van der Waals surface area contributed by atoms with Crippen LogP contribution in [0.5, 0.6) is 0 Å². The van der Waals surface area contributed by atoms with Crippen LogP contribution >= 0.6 is 11.6 Å². The van der Waals surface area contributed by atoms with Crippen molar-refractivity contribution in [2.75, 3.05) is 15.5 Å². The summed E-state index contributed by atoms with van der Waals surface area (Å²) in [5, 5.41) is 5.85. The summed E-state index contributed by atoms with van der Waals surface area (Å²) in [5.41, 5.74) is 7.88. The summed E-state index contributed by atoms with van der Waals surface area (Å²) >= 11 is 6.34. The minimum Gasteiger partial charge on any atom is -0.324 e. The predicted octanol–water partition coefficient (Wildman–Crippen LogP) is 3.19. The number of hydrogen-bond acceptors (Lipinski definition) is 6. The third-order valence-electron chi connectivity index (χ3n) is 4.49. The van der Waals surface area contributed by atoms with Gasteiger partial charge in [-0.25, -0.2) is 14.8 Å². The van der Waals surface area contributed by atoms with Gasteiger partial charge in [0.25, 0.3) is 0 Å². The van der Waals surface area contributed by atoms with Crippen LogP contribution in [0.15, 0.2) is 54.9 Å². The minimum absolute atomic E-state index is 0.176. The minimum atomic E-state index is -0.394. The molecule has 3 amide bonds. The number of carbonyl (C=O) groups is 2. The smallest absolute Gasteiger partial charge is 0.324 e. The van der Waals surface area contributed by atoms with Gasteiger partial charge in [0.15, 0.2) is 0 Å². The lowest BCUT2D eigenvalue weighted by molar-refractivity contribution is -0.111. The van der Waals surface area contributed by atoms with Crippen LogP contribution in [0.3, 0.4) is 0 Å². The lowest BCUT2D eigenvalue weighted by Crippen LogP contribution is -2.39. The molecule has 3 heterocycles. The number of fused-ring (bicyclic) bond motifs is 1. The maximum Gasteiger partial charge on any atom is 0.327 e. The Morgan fingerprint density at radius 3 is 2.94 bits per heavy atom. The zero-order valence-electron chi connectivity index (χ0n) is 16.2. The second kappa shape index (κ2) is 8.90. The van der Waals surface area contributed by atoms with Crippen molar-refractivity contribution in [3.8, 4) is 0 Å². The largest absolute Gasteiger partial charge is 0.327 e. The van der Waals surface area contributed by atoms with Crippen LogP contribution in [0.2, 0.25) is 5.02 Å². The maximum absolute atomic E-state index is 12.7. The number of urea groups is 1. The van der Waals surface area contributed by atoms with Gasteiger partial charge in [-0.1, -0.05) is 17.7 Å².